The average Bonchev–Trinajstić information content (AvgIpc) is 1.98. The summed E-state index contributed by atoms with van der Waals surface area (Å²) in [7, 11) is -6.21. The number of halogens is 10. The highest BCUT2D eigenvalue weighted by atomic mass is 31.1. The second-order valence-corrected chi connectivity index (χ2v) is 4.08. The Labute approximate surface area is 81.2 Å². The maximum absolute atomic E-state index is 12.0. The van der Waals surface area contributed by atoms with Gasteiger partial charge in [-0.1, -0.05) is 0 Å². The molecule has 1 nitrogen and oxygen atoms in total. The lowest BCUT2D eigenvalue weighted by Crippen LogP contribution is -2.42. The molecule has 0 aromatic heterocycles. The van der Waals surface area contributed by atoms with E-state index in [1.54, 1.807) is 0 Å². The van der Waals surface area contributed by atoms with Gasteiger partial charge in [-0.3, -0.25) is 4.57 Å². The van der Waals surface area contributed by atoms with Crippen molar-refractivity contribution in [1.29, 1.82) is 0 Å². The van der Waals surface area contributed by atoms with E-state index in [0.29, 0.717) is 0 Å². The molecule has 0 N–H and O–H groups in total. The third-order valence-electron chi connectivity index (χ3n) is 1.19. The van der Waals surface area contributed by atoms with E-state index < -0.39 is 31.5 Å². The Morgan fingerprint density at radius 3 is 0.875 bits per heavy atom. The summed E-state index contributed by atoms with van der Waals surface area (Å²) in [6.45, 7) is 0. The molecule has 0 bridgehead atoms. The van der Waals surface area contributed by atoms with Crippen LogP contribution in [0.3, 0.4) is 0 Å². The molecule has 97 valence electrons. The van der Waals surface area contributed by atoms with Crippen molar-refractivity contribution < 1.29 is 48.5 Å². The lowest BCUT2D eigenvalue weighted by molar-refractivity contribution is -0.263. The van der Waals surface area contributed by atoms with Crippen molar-refractivity contribution in [2.24, 2.45) is 0 Å². The standard InChI is InChI=1S/C4F10OP/c5-1(6,7)3(11,12)16(15)4(13,14)2(8,9)10. The summed E-state index contributed by atoms with van der Waals surface area (Å²) in [5.41, 5.74) is -13.2. The number of hydrogen-bond donors (Lipinski definition) is 0. The van der Waals surface area contributed by atoms with Gasteiger partial charge in [-0.05, 0) is 0 Å². The topological polar surface area (TPSA) is 17.1 Å². The van der Waals surface area contributed by atoms with Crippen molar-refractivity contribution in [1.82, 2.24) is 0 Å². The third kappa shape index (κ3) is 2.38. The molecule has 1 radical (unpaired) electrons. The first-order valence-corrected chi connectivity index (χ1v) is 4.28. The van der Waals surface area contributed by atoms with Crippen molar-refractivity contribution in [3.8, 4) is 0 Å². The van der Waals surface area contributed by atoms with Gasteiger partial charge in [-0.2, -0.15) is 43.9 Å². The molecule has 0 aromatic rings. The molecule has 0 unspecified atom stereocenters. The minimum atomic E-state index is -6.75. The number of rotatable bonds is 2. The Balaban J connectivity index is 5.40. The van der Waals surface area contributed by atoms with Gasteiger partial charge in [0.2, 0.25) is 7.80 Å². The van der Waals surface area contributed by atoms with Crippen LogP contribution in [-0.2, 0) is 4.57 Å². The lowest BCUT2D eigenvalue weighted by atomic mass is 10.7. The molecule has 0 spiro atoms. The quantitative estimate of drug-likeness (QED) is 0.551. The van der Waals surface area contributed by atoms with Crippen LogP contribution in [0.1, 0.15) is 0 Å². The molecule has 0 amide bonds. The Hall–Kier alpha value is -0.600. The average molecular weight is 285 g/mol. The summed E-state index contributed by atoms with van der Waals surface area (Å²) in [6.07, 6.45) is -13.5. The van der Waals surface area contributed by atoms with Crippen molar-refractivity contribution in [3.05, 3.63) is 0 Å². The first kappa shape index (κ1) is 15.4. The van der Waals surface area contributed by atoms with E-state index in [1.165, 1.54) is 0 Å². The molecule has 0 saturated carbocycles. The van der Waals surface area contributed by atoms with Crippen LogP contribution < -0.4 is 0 Å². The second-order valence-electron chi connectivity index (χ2n) is 2.37. The molecule has 0 atom stereocenters. The molecule has 0 aromatic carbocycles. The number of hydrogen-bond acceptors (Lipinski definition) is 1. The highest BCUT2D eigenvalue weighted by Gasteiger charge is 2.76. The summed E-state index contributed by atoms with van der Waals surface area (Å²) in [5, 5.41) is 0. The van der Waals surface area contributed by atoms with Crippen molar-refractivity contribution in [3.63, 3.8) is 0 Å². The SMILES string of the molecule is O=[P](C(F)(F)C(F)(F)F)C(F)(F)C(F)(F)F. The molecule has 16 heavy (non-hydrogen) atoms. The van der Waals surface area contributed by atoms with E-state index in [1.807, 2.05) is 0 Å². The van der Waals surface area contributed by atoms with E-state index >= 15 is 0 Å². The van der Waals surface area contributed by atoms with Crippen LogP contribution >= 0.6 is 7.80 Å². The summed E-state index contributed by atoms with van der Waals surface area (Å²) < 4.78 is 126. The highest BCUT2D eigenvalue weighted by Crippen LogP contribution is 2.64. The van der Waals surface area contributed by atoms with Gasteiger partial charge in [-0.15, -0.1) is 0 Å². The fourth-order valence-corrected chi connectivity index (χ4v) is 1.22. The van der Waals surface area contributed by atoms with Gasteiger partial charge in [-0.25, -0.2) is 0 Å². The molecule has 0 aliphatic carbocycles. The van der Waals surface area contributed by atoms with Gasteiger partial charge >= 0.3 is 23.7 Å². The van der Waals surface area contributed by atoms with E-state index in [9.17, 15) is 48.5 Å². The lowest BCUT2D eigenvalue weighted by Gasteiger charge is -2.24. The Morgan fingerprint density at radius 2 is 0.750 bits per heavy atom. The van der Waals surface area contributed by atoms with Crippen LogP contribution in [0.25, 0.3) is 0 Å². The van der Waals surface area contributed by atoms with Gasteiger partial charge in [0.15, 0.2) is 0 Å². The van der Waals surface area contributed by atoms with Crippen LogP contribution in [0, 0.1) is 0 Å². The predicted molar refractivity (Wildman–Crippen MR) is 29.6 cm³/mol. The van der Waals surface area contributed by atoms with E-state index in [4.69, 9.17) is 0 Å². The molecule has 0 aliphatic heterocycles. The maximum Gasteiger partial charge on any atom is 0.464 e. The summed E-state index contributed by atoms with van der Waals surface area (Å²) in [4.78, 5) is 0. The first-order chi connectivity index (χ1) is 6.65. The molecular weight excluding hydrogens is 285 g/mol. The molecule has 0 rings (SSSR count). The minimum Gasteiger partial charge on any atom is -0.274 e. The Bertz CT molecular complexity index is 258. The summed E-state index contributed by atoms with van der Waals surface area (Å²) >= 11 is 0. The van der Waals surface area contributed by atoms with Crippen molar-refractivity contribution >= 4 is 7.80 Å². The van der Waals surface area contributed by atoms with E-state index in [2.05, 4.69) is 0 Å². The van der Waals surface area contributed by atoms with E-state index in [0.717, 1.165) is 0 Å². The fourth-order valence-electron chi connectivity index (χ4n) is 0.407. The van der Waals surface area contributed by atoms with Gasteiger partial charge in [0.05, 0.1) is 0 Å². The Kier molecular flexibility index (Phi) is 3.57. The van der Waals surface area contributed by atoms with Gasteiger partial charge in [0.25, 0.3) is 0 Å². The maximum atomic E-state index is 12.0. The first-order valence-electron chi connectivity index (χ1n) is 3.02. The van der Waals surface area contributed by atoms with Crippen LogP contribution in [-0.4, -0.2) is 23.7 Å². The van der Waals surface area contributed by atoms with Crippen LogP contribution in [0.2, 0.25) is 0 Å². The zero-order valence-electron chi connectivity index (χ0n) is 6.64. The Morgan fingerprint density at radius 1 is 0.562 bits per heavy atom. The van der Waals surface area contributed by atoms with Gasteiger partial charge < -0.3 is 0 Å². The van der Waals surface area contributed by atoms with Gasteiger partial charge in [0, 0.05) is 0 Å². The third-order valence-corrected chi connectivity index (χ3v) is 2.72. The molecule has 0 aliphatic rings. The largest absolute Gasteiger partial charge is 0.464 e. The smallest absolute Gasteiger partial charge is 0.274 e. The molecule has 0 saturated heterocycles. The van der Waals surface area contributed by atoms with Crippen LogP contribution in [0.15, 0.2) is 0 Å². The normalized spacial score (nSPS) is 15.1. The minimum absolute atomic E-state index is 6.21. The van der Waals surface area contributed by atoms with Crippen molar-refractivity contribution in [2.75, 3.05) is 0 Å². The molecular formula is C4F10OP. The predicted octanol–water partition coefficient (Wildman–Crippen LogP) is 4.12. The second kappa shape index (κ2) is 3.71. The summed E-state index contributed by atoms with van der Waals surface area (Å²) in [6, 6.07) is 0. The molecule has 0 heterocycles. The fraction of sp³-hybridized carbons (Fsp3) is 1.00. The van der Waals surface area contributed by atoms with Crippen molar-refractivity contribution in [2.45, 2.75) is 23.7 Å². The monoisotopic (exact) mass is 285 g/mol. The zero-order valence-corrected chi connectivity index (χ0v) is 7.53. The zero-order chi connectivity index (χ0) is 13.6. The van der Waals surface area contributed by atoms with Crippen LogP contribution in [0.5, 0.6) is 0 Å². The van der Waals surface area contributed by atoms with E-state index in [-0.39, 0.29) is 0 Å². The number of alkyl halides is 10. The molecule has 12 heteroatoms. The molecule has 0 fully saturated rings. The summed E-state index contributed by atoms with van der Waals surface area (Å²) in [5.74, 6) is 0. The highest BCUT2D eigenvalue weighted by molar-refractivity contribution is 7.47. The van der Waals surface area contributed by atoms with Crippen LogP contribution in [0.4, 0.5) is 43.9 Å². The van der Waals surface area contributed by atoms with Gasteiger partial charge in [0.1, 0.15) is 0 Å².